The third kappa shape index (κ3) is 4.02. The average molecular weight is 368 g/mol. The topological polar surface area (TPSA) is 47.0 Å². The van der Waals surface area contributed by atoms with Gasteiger partial charge in [-0.1, -0.05) is 27.3 Å². The first-order valence-electron chi connectivity index (χ1n) is 7.16. The maximum absolute atomic E-state index is 5.42. The van der Waals surface area contributed by atoms with Crippen molar-refractivity contribution >= 4 is 27.3 Å². The molecule has 1 saturated carbocycles. The first-order valence-corrected chi connectivity index (χ1v) is 8.77. The van der Waals surface area contributed by atoms with E-state index in [9.17, 15) is 0 Å². The zero-order chi connectivity index (χ0) is 14.7. The Morgan fingerprint density at radius 2 is 2.24 bits per heavy atom. The van der Waals surface area contributed by atoms with Crippen LogP contribution in [0.4, 0.5) is 0 Å². The monoisotopic (exact) mass is 367 g/mol. The molecule has 1 fully saturated rings. The van der Waals surface area contributed by atoms with Crippen molar-refractivity contribution in [1.29, 1.82) is 0 Å². The highest BCUT2D eigenvalue weighted by molar-refractivity contribution is 9.10. The Kier molecular flexibility index (Phi) is 4.87. The fourth-order valence-electron chi connectivity index (χ4n) is 2.14. The molecule has 2 aromatic rings. The maximum Gasteiger partial charge on any atom is 0.151 e. The van der Waals surface area contributed by atoms with Crippen LogP contribution in [-0.2, 0) is 6.42 Å². The lowest BCUT2D eigenvalue weighted by Gasteiger charge is -2.05. The van der Waals surface area contributed by atoms with Gasteiger partial charge < -0.3 is 10.1 Å². The number of aromatic nitrogens is 2. The Morgan fingerprint density at radius 3 is 3.00 bits per heavy atom. The van der Waals surface area contributed by atoms with Crippen molar-refractivity contribution in [2.24, 2.45) is 0 Å². The fraction of sp³-hybridized carbons (Fsp3) is 0.467. The molecule has 1 N–H and O–H groups in total. The van der Waals surface area contributed by atoms with Crippen molar-refractivity contribution in [3.8, 4) is 16.3 Å². The lowest BCUT2D eigenvalue weighted by atomic mass is 10.2. The first-order chi connectivity index (χ1) is 10.3. The predicted octanol–water partition coefficient (Wildman–Crippen LogP) is 3.66. The summed E-state index contributed by atoms with van der Waals surface area (Å²) in [6, 6.07) is 6.75. The molecule has 0 atom stereocenters. The van der Waals surface area contributed by atoms with E-state index in [0.717, 1.165) is 51.2 Å². The standard InChI is InChI=1S/C15H18BrN3OS/c1-20-13-9-10(16)4-7-12(13)15-19-18-14(21-15)3-2-8-17-11-5-6-11/h4,7,9,11,17H,2-3,5-6,8H2,1H3. The van der Waals surface area contributed by atoms with Crippen LogP contribution in [0.1, 0.15) is 24.3 Å². The van der Waals surface area contributed by atoms with Crippen molar-refractivity contribution in [3.05, 3.63) is 27.7 Å². The summed E-state index contributed by atoms with van der Waals surface area (Å²) in [4.78, 5) is 0. The quantitative estimate of drug-likeness (QED) is 0.758. The zero-order valence-electron chi connectivity index (χ0n) is 11.9. The van der Waals surface area contributed by atoms with Crippen LogP contribution in [-0.4, -0.2) is 29.9 Å². The molecule has 1 heterocycles. The van der Waals surface area contributed by atoms with E-state index in [-0.39, 0.29) is 0 Å². The van der Waals surface area contributed by atoms with E-state index >= 15 is 0 Å². The van der Waals surface area contributed by atoms with Crippen LogP contribution in [0.2, 0.25) is 0 Å². The van der Waals surface area contributed by atoms with Crippen LogP contribution in [0.5, 0.6) is 5.75 Å². The average Bonchev–Trinajstić information content (AvgIpc) is 3.20. The number of rotatable bonds is 7. The summed E-state index contributed by atoms with van der Waals surface area (Å²) >= 11 is 5.10. The number of nitrogens with one attached hydrogen (secondary N) is 1. The molecule has 1 aliphatic rings. The predicted molar refractivity (Wildman–Crippen MR) is 88.9 cm³/mol. The minimum absolute atomic E-state index is 0.780. The summed E-state index contributed by atoms with van der Waals surface area (Å²) in [5.41, 5.74) is 1.00. The van der Waals surface area contributed by atoms with Gasteiger partial charge in [-0.15, -0.1) is 10.2 Å². The molecule has 3 rings (SSSR count). The van der Waals surface area contributed by atoms with Crippen molar-refractivity contribution < 1.29 is 4.74 Å². The molecule has 21 heavy (non-hydrogen) atoms. The highest BCUT2D eigenvalue weighted by atomic mass is 79.9. The first kappa shape index (κ1) is 14.9. The van der Waals surface area contributed by atoms with Crippen LogP contribution in [0.3, 0.4) is 0 Å². The van der Waals surface area contributed by atoms with Crippen molar-refractivity contribution in [3.63, 3.8) is 0 Å². The molecular formula is C15H18BrN3OS. The molecule has 0 amide bonds. The van der Waals surface area contributed by atoms with E-state index in [1.807, 2.05) is 18.2 Å². The van der Waals surface area contributed by atoms with Crippen LogP contribution in [0, 0.1) is 0 Å². The van der Waals surface area contributed by atoms with Gasteiger partial charge in [0.1, 0.15) is 10.8 Å². The normalized spacial score (nSPS) is 14.4. The number of nitrogens with zero attached hydrogens (tertiary/aromatic N) is 2. The van der Waals surface area contributed by atoms with Gasteiger partial charge in [-0.2, -0.15) is 0 Å². The van der Waals surface area contributed by atoms with E-state index in [1.165, 1.54) is 12.8 Å². The van der Waals surface area contributed by atoms with Crippen molar-refractivity contribution in [2.45, 2.75) is 31.7 Å². The second-order valence-electron chi connectivity index (χ2n) is 5.18. The number of ether oxygens (including phenoxy) is 1. The minimum Gasteiger partial charge on any atom is -0.496 e. The molecule has 0 unspecified atom stereocenters. The third-order valence-electron chi connectivity index (χ3n) is 3.44. The Labute approximate surface area is 137 Å². The second kappa shape index (κ2) is 6.85. The Balaban J connectivity index is 1.63. The van der Waals surface area contributed by atoms with Crippen molar-refractivity contribution in [2.75, 3.05) is 13.7 Å². The van der Waals surface area contributed by atoms with Crippen LogP contribution < -0.4 is 10.1 Å². The minimum atomic E-state index is 0.780. The molecule has 1 aromatic carbocycles. The molecule has 4 nitrogen and oxygen atoms in total. The molecule has 0 radical (unpaired) electrons. The zero-order valence-corrected chi connectivity index (χ0v) is 14.3. The summed E-state index contributed by atoms with van der Waals surface area (Å²) in [6.45, 7) is 1.07. The molecule has 0 spiro atoms. The second-order valence-corrected chi connectivity index (χ2v) is 7.16. The smallest absolute Gasteiger partial charge is 0.151 e. The number of methoxy groups -OCH3 is 1. The van der Waals surface area contributed by atoms with Gasteiger partial charge in [0.05, 0.1) is 12.7 Å². The van der Waals surface area contributed by atoms with Gasteiger partial charge in [0.25, 0.3) is 0 Å². The highest BCUT2D eigenvalue weighted by Crippen LogP contribution is 2.34. The fourth-order valence-corrected chi connectivity index (χ4v) is 3.39. The number of hydrogen-bond donors (Lipinski definition) is 1. The molecule has 1 aliphatic carbocycles. The third-order valence-corrected chi connectivity index (χ3v) is 4.95. The van der Waals surface area contributed by atoms with Crippen molar-refractivity contribution in [1.82, 2.24) is 15.5 Å². The molecule has 0 saturated heterocycles. The summed E-state index contributed by atoms with van der Waals surface area (Å²) in [5.74, 6) is 0.822. The van der Waals surface area contributed by atoms with E-state index in [1.54, 1.807) is 18.4 Å². The number of benzene rings is 1. The van der Waals surface area contributed by atoms with Gasteiger partial charge in [0, 0.05) is 16.9 Å². The molecular weight excluding hydrogens is 350 g/mol. The lowest BCUT2D eigenvalue weighted by Crippen LogP contribution is -2.17. The number of aryl methyl sites for hydroxylation is 1. The summed E-state index contributed by atoms with van der Waals surface area (Å²) in [6.07, 6.45) is 4.78. The van der Waals surface area contributed by atoms with Gasteiger partial charge in [0.15, 0.2) is 5.01 Å². The summed E-state index contributed by atoms with van der Waals surface area (Å²) in [5, 5.41) is 14.1. The Bertz CT molecular complexity index is 613. The van der Waals surface area contributed by atoms with Crippen LogP contribution >= 0.6 is 27.3 Å². The summed E-state index contributed by atoms with van der Waals surface area (Å²) in [7, 11) is 1.68. The largest absolute Gasteiger partial charge is 0.496 e. The molecule has 0 aliphatic heterocycles. The van der Waals surface area contributed by atoms with Crippen LogP contribution in [0.15, 0.2) is 22.7 Å². The SMILES string of the molecule is COc1cc(Br)ccc1-c1nnc(CCCNC2CC2)s1. The number of halogens is 1. The van der Waals surface area contributed by atoms with E-state index in [2.05, 4.69) is 31.4 Å². The van der Waals surface area contributed by atoms with Gasteiger partial charge in [0.2, 0.25) is 0 Å². The highest BCUT2D eigenvalue weighted by Gasteiger charge is 2.19. The summed E-state index contributed by atoms with van der Waals surface area (Å²) < 4.78 is 6.42. The van der Waals surface area contributed by atoms with Gasteiger partial charge in [-0.05, 0) is 44.0 Å². The van der Waals surface area contributed by atoms with Gasteiger partial charge >= 0.3 is 0 Å². The molecule has 1 aromatic heterocycles. The maximum atomic E-state index is 5.42. The molecule has 0 bridgehead atoms. The van der Waals surface area contributed by atoms with E-state index in [4.69, 9.17) is 4.74 Å². The van der Waals surface area contributed by atoms with E-state index < -0.39 is 0 Å². The molecule has 6 heteroatoms. The van der Waals surface area contributed by atoms with Gasteiger partial charge in [-0.3, -0.25) is 0 Å². The molecule has 112 valence electrons. The number of hydrogen-bond acceptors (Lipinski definition) is 5. The van der Waals surface area contributed by atoms with Gasteiger partial charge in [-0.25, -0.2) is 0 Å². The lowest BCUT2D eigenvalue weighted by molar-refractivity contribution is 0.416. The van der Waals surface area contributed by atoms with E-state index in [0.29, 0.717) is 0 Å². The Hall–Kier alpha value is -0.980. The van der Waals surface area contributed by atoms with Crippen LogP contribution in [0.25, 0.3) is 10.6 Å². The Morgan fingerprint density at radius 1 is 1.38 bits per heavy atom.